The maximum absolute atomic E-state index is 9.34. The molecule has 1 aromatic rings. The van der Waals surface area contributed by atoms with Crippen molar-refractivity contribution in [2.75, 3.05) is 0 Å². The van der Waals surface area contributed by atoms with E-state index in [0.29, 0.717) is 17.1 Å². The van der Waals surface area contributed by atoms with E-state index >= 15 is 0 Å². The lowest BCUT2D eigenvalue weighted by molar-refractivity contribution is 0.247. The average molecular weight is 206 g/mol. The number of aryl methyl sites for hydroxylation is 1. The zero-order valence-electron chi connectivity index (χ0n) is 10.2. The molecule has 0 spiro atoms. The van der Waals surface area contributed by atoms with E-state index in [1.54, 1.807) is 6.07 Å². The van der Waals surface area contributed by atoms with Gasteiger partial charge in [-0.15, -0.1) is 0 Å². The molecule has 0 aliphatic carbocycles. The first kappa shape index (κ1) is 12.1. The van der Waals surface area contributed by atoms with Gasteiger partial charge in [-0.1, -0.05) is 39.8 Å². The fourth-order valence-electron chi connectivity index (χ4n) is 1.53. The number of benzene rings is 1. The second-order valence-corrected chi connectivity index (χ2v) is 5.48. The van der Waals surface area contributed by atoms with Crippen LogP contribution < -0.4 is 0 Å². The number of hydrogen-bond donors (Lipinski definition) is 1. The molecule has 0 bridgehead atoms. The molecule has 0 amide bonds. The Hall–Kier alpha value is -0.980. The van der Waals surface area contributed by atoms with Gasteiger partial charge in [-0.2, -0.15) is 0 Å². The van der Waals surface area contributed by atoms with Crippen molar-refractivity contribution in [1.82, 2.24) is 0 Å². The Balaban J connectivity index is 2.51. The van der Waals surface area contributed by atoms with E-state index in [9.17, 15) is 5.11 Å². The number of aromatic hydroxyl groups is 1. The van der Waals surface area contributed by atoms with E-state index < -0.39 is 0 Å². The van der Waals surface area contributed by atoms with Crippen molar-refractivity contribution < 1.29 is 5.11 Å². The standard InChI is InChI=1S/C14H22O/c1-11(14(2,3)4)8-9-12-6-5-7-13(15)10-12/h5-7,10-11,15H,8-9H2,1-4H3. The van der Waals surface area contributed by atoms with Crippen molar-refractivity contribution in [3.63, 3.8) is 0 Å². The molecule has 0 saturated carbocycles. The number of phenolic OH excluding ortho intramolecular Hbond substituents is 1. The predicted octanol–water partition coefficient (Wildman–Crippen LogP) is 4.01. The van der Waals surface area contributed by atoms with Gasteiger partial charge in [-0.05, 0) is 41.9 Å². The molecule has 0 radical (unpaired) electrons. The van der Waals surface area contributed by atoms with Crippen LogP contribution in [-0.2, 0) is 6.42 Å². The summed E-state index contributed by atoms with van der Waals surface area (Å²) < 4.78 is 0. The minimum absolute atomic E-state index is 0.371. The summed E-state index contributed by atoms with van der Waals surface area (Å²) in [5.74, 6) is 1.07. The van der Waals surface area contributed by atoms with Gasteiger partial charge in [0.15, 0.2) is 0 Å². The zero-order valence-corrected chi connectivity index (χ0v) is 10.2. The summed E-state index contributed by atoms with van der Waals surface area (Å²) in [7, 11) is 0. The molecule has 0 saturated heterocycles. The van der Waals surface area contributed by atoms with Gasteiger partial charge in [0.05, 0.1) is 0 Å². The largest absolute Gasteiger partial charge is 0.508 e. The summed E-state index contributed by atoms with van der Waals surface area (Å²) in [6.45, 7) is 9.13. The molecule has 1 aromatic carbocycles. The monoisotopic (exact) mass is 206 g/mol. The highest BCUT2D eigenvalue weighted by Gasteiger charge is 2.19. The summed E-state index contributed by atoms with van der Waals surface area (Å²) >= 11 is 0. The van der Waals surface area contributed by atoms with E-state index in [2.05, 4.69) is 33.8 Å². The highest BCUT2D eigenvalue weighted by Crippen LogP contribution is 2.29. The summed E-state index contributed by atoms with van der Waals surface area (Å²) in [6, 6.07) is 7.56. The molecule has 1 heteroatoms. The first-order chi connectivity index (χ1) is 6.89. The molecule has 0 aliphatic rings. The maximum Gasteiger partial charge on any atom is 0.115 e. The van der Waals surface area contributed by atoms with Gasteiger partial charge in [0.2, 0.25) is 0 Å². The van der Waals surface area contributed by atoms with Crippen LogP contribution in [-0.4, -0.2) is 5.11 Å². The molecule has 1 nitrogen and oxygen atoms in total. The van der Waals surface area contributed by atoms with E-state index in [1.807, 2.05) is 12.1 Å². The van der Waals surface area contributed by atoms with Crippen LogP contribution in [0.3, 0.4) is 0 Å². The Bertz CT molecular complexity index is 309. The third-order valence-corrected chi connectivity index (χ3v) is 3.25. The highest BCUT2D eigenvalue weighted by molar-refractivity contribution is 5.27. The Morgan fingerprint density at radius 2 is 1.93 bits per heavy atom. The lowest BCUT2D eigenvalue weighted by Gasteiger charge is -2.27. The van der Waals surface area contributed by atoms with Gasteiger partial charge in [0.1, 0.15) is 5.75 Å². The third kappa shape index (κ3) is 3.94. The van der Waals surface area contributed by atoms with Gasteiger partial charge in [-0.25, -0.2) is 0 Å². The molecule has 0 aliphatic heterocycles. The van der Waals surface area contributed by atoms with Crippen LogP contribution in [0.15, 0.2) is 24.3 Å². The van der Waals surface area contributed by atoms with Crippen LogP contribution >= 0.6 is 0 Å². The van der Waals surface area contributed by atoms with E-state index in [4.69, 9.17) is 0 Å². The topological polar surface area (TPSA) is 20.2 Å². The van der Waals surface area contributed by atoms with Crippen molar-refractivity contribution >= 4 is 0 Å². The first-order valence-corrected chi connectivity index (χ1v) is 5.67. The molecule has 0 heterocycles. The Labute approximate surface area is 93.1 Å². The molecule has 1 atom stereocenters. The fraction of sp³-hybridized carbons (Fsp3) is 0.571. The van der Waals surface area contributed by atoms with Gasteiger partial charge < -0.3 is 5.11 Å². The number of phenols is 1. The molecule has 84 valence electrons. The number of rotatable bonds is 3. The molecule has 0 aromatic heterocycles. The predicted molar refractivity (Wildman–Crippen MR) is 65.0 cm³/mol. The lowest BCUT2D eigenvalue weighted by Crippen LogP contribution is -2.17. The molecule has 1 rings (SSSR count). The van der Waals surface area contributed by atoms with Crippen molar-refractivity contribution in [1.29, 1.82) is 0 Å². The van der Waals surface area contributed by atoms with Crippen LogP contribution in [0, 0.1) is 11.3 Å². The van der Waals surface area contributed by atoms with Crippen LogP contribution in [0.1, 0.15) is 39.7 Å². The van der Waals surface area contributed by atoms with Crippen molar-refractivity contribution in [2.24, 2.45) is 11.3 Å². The molecule has 0 fully saturated rings. The Kier molecular flexibility index (Phi) is 3.78. The minimum Gasteiger partial charge on any atom is -0.508 e. The highest BCUT2D eigenvalue weighted by atomic mass is 16.3. The first-order valence-electron chi connectivity index (χ1n) is 5.67. The second kappa shape index (κ2) is 4.69. The van der Waals surface area contributed by atoms with Crippen LogP contribution in [0.4, 0.5) is 0 Å². The maximum atomic E-state index is 9.34. The second-order valence-electron chi connectivity index (χ2n) is 5.48. The Morgan fingerprint density at radius 3 is 2.47 bits per heavy atom. The molecule has 1 N–H and O–H groups in total. The summed E-state index contributed by atoms with van der Waals surface area (Å²) in [5, 5.41) is 9.34. The molecule has 1 unspecified atom stereocenters. The quantitative estimate of drug-likeness (QED) is 0.792. The lowest BCUT2D eigenvalue weighted by atomic mass is 9.79. The van der Waals surface area contributed by atoms with E-state index in [-0.39, 0.29) is 0 Å². The van der Waals surface area contributed by atoms with Crippen molar-refractivity contribution in [2.45, 2.75) is 40.5 Å². The fourth-order valence-corrected chi connectivity index (χ4v) is 1.53. The number of hydrogen-bond acceptors (Lipinski definition) is 1. The van der Waals surface area contributed by atoms with Crippen LogP contribution in [0.2, 0.25) is 0 Å². The summed E-state index contributed by atoms with van der Waals surface area (Å²) in [5.41, 5.74) is 1.60. The zero-order chi connectivity index (χ0) is 11.5. The molecule has 15 heavy (non-hydrogen) atoms. The van der Waals surface area contributed by atoms with Crippen molar-refractivity contribution in [3.8, 4) is 5.75 Å². The van der Waals surface area contributed by atoms with Crippen LogP contribution in [0.5, 0.6) is 5.75 Å². The molecular weight excluding hydrogens is 184 g/mol. The minimum atomic E-state index is 0.371. The van der Waals surface area contributed by atoms with Gasteiger partial charge in [-0.3, -0.25) is 0 Å². The average Bonchev–Trinajstić information content (AvgIpc) is 2.12. The normalized spacial score (nSPS) is 13.9. The van der Waals surface area contributed by atoms with Crippen molar-refractivity contribution in [3.05, 3.63) is 29.8 Å². The Morgan fingerprint density at radius 1 is 1.27 bits per heavy atom. The van der Waals surface area contributed by atoms with Gasteiger partial charge in [0, 0.05) is 0 Å². The summed E-state index contributed by atoms with van der Waals surface area (Å²) in [6.07, 6.45) is 2.22. The third-order valence-electron chi connectivity index (χ3n) is 3.25. The molecular formula is C14H22O. The van der Waals surface area contributed by atoms with Crippen LogP contribution in [0.25, 0.3) is 0 Å². The smallest absolute Gasteiger partial charge is 0.115 e. The van der Waals surface area contributed by atoms with Gasteiger partial charge in [0.25, 0.3) is 0 Å². The van der Waals surface area contributed by atoms with E-state index in [1.165, 1.54) is 12.0 Å². The van der Waals surface area contributed by atoms with E-state index in [0.717, 1.165) is 6.42 Å². The summed E-state index contributed by atoms with van der Waals surface area (Å²) in [4.78, 5) is 0. The van der Waals surface area contributed by atoms with Gasteiger partial charge >= 0.3 is 0 Å². The SMILES string of the molecule is CC(CCc1cccc(O)c1)C(C)(C)C.